The first kappa shape index (κ1) is 14.5. The molecular formula is C5H9N3S4. The molecule has 7 heteroatoms. The van der Waals surface area contributed by atoms with E-state index in [4.69, 9.17) is 5.26 Å². The van der Waals surface area contributed by atoms with E-state index < -0.39 is 0 Å². The lowest BCUT2D eigenvalue weighted by atomic mass is 10.6. The molecule has 0 rings (SSSR count). The quantitative estimate of drug-likeness (QED) is 0.332. The van der Waals surface area contributed by atoms with E-state index in [1.165, 1.54) is 0 Å². The van der Waals surface area contributed by atoms with Gasteiger partial charge < -0.3 is 10.6 Å². The number of thiocarbonyl (C=S) groups is 2. The summed E-state index contributed by atoms with van der Waals surface area (Å²) in [6.07, 6.45) is 0. The molecule has 12 heavy (non-hydrogen) atoms. The molecule has 0 fully saturated rings. The van der Waals surface area contributed by atoms with Crippen LogP contribution in [-0.2, 0) is 0 Å². The SMILES string of the molecule is C#N.S=C(S)NCCNC(=S)S. The van der Waals surface area contributed by atoms with Crippen molar-refractivity contribution in [3.63, 3.8) is 0 Å². The molecule has 0 aromatic heterocycles. The summed E-state index contributed by atoms with van der Waals surface area (Å²) in [6, 6.07) is 0. The van der Waals surface area contributed by atoms with Crippen molar-refractivity contribution >= 4 is 58.3 Å². The summed E-state index contributed by atoms with van der Waals surface area (Å²) in [4.78, 5) is 0. The van der Waals surface area contributed by atoms with Crippen molar-refractivity contribution in [1.82, 2.24) is 10.6 Å². The van der Waals surface area contributed by atoms with Gasteiger partial charge in [0.2, 0.25) is 0 Å². The number of hydrogen-bond donors (Lipinski definition) is 4. The molecule has 3 nitrogen and oxygen atoms in total. The van der Waals surface area contributed by atoms with Crippen molar-refractivity contribution in [3.8, 4) is 6.57 Å². The summed E-state index contributed by atoms with van der Waals surface area (Å²) in [6.45, 7) is 4.92. The molecule has 68 valence electrons. The van der Waals surface area contributed by atoms with Gasteiger partial charge in [-0.1, -0.05) is 24.4 Å². The second-order valence-electron chi connectivity index (χ2n) is 1.46. The average Bonchev–Trinajstić information content (AvgIpc) is 2.02. The Labute approximate surface area is 93.7 Å². The summed E-state index contributed by atoms with van der Waals surface area (Å²) < 4.78 is 0.985. The Bertz CT molecular complexity index is 151. The largest absolute Gasteiger partial charge is 0.369 e. The Morgan fingerprint density at radius 1 is 1.08 bits per heavy atom. The smallest absolute Gasteiger partial charge is 0.130 e. The molecule has 0 amide bonds. The van der Waals surface area contributed by atoms with Gasteiger partial charge >= 0.3 is 0 Å². The monoisotopic (exact) mass is 239 g/mol. The summed E-state index contributed by atoms with van der Waals surface area (Å²) in [5.74, 6) is 0. The van der Waals surface area contributed by atoms with E-state index >= 15 is 0 Å². The number of thiol groups is 2. The van der Waals surface area contributed by atoms with Crippen molar-refractivity contribution in [1.29, 1.82) is 5.26 Å². The van der Waals surface area contributed by atoms with Crippen LogP contribution < -0.4 is 10.6 Å². The Morgan fingerprint density at radius 3 is 1.50 bits per heavy atom. The van der Waals surface area contributed by atoms with Crippen LogP contribution in [0.2, 0.25) is 0 Å². The Kier molecular flexibility index (Phi) is 13.2. The highest BCUT2D eigenvalue weighted by Gasteiger charge is 1.87. The van der Waals surface area contributed by atoms with E-state index in [2.05, 4.69) is 66.9 Å². The third-order valence-electron chi connectivity index (χ3n) is 0.677. The molecule has 0 aliphatic heterocycles. The number of hydrogen-bond acceptors (Lipinski definition) is 3. The molecule has 0 aromatic carbocycles. The average molecular weight is 239 g/mol. The highest BCUT2D eigenvalue weighted by atomic mass is 32.1. The highest BCUT2D eigenvalue weighted by Crippen LogP contribution is 1.77. The number of rotatable bonds is 3. The molecule has 0 aromatic rings. The summed E-state index contributed by atoms with van der Waals surface area (Å²) >= 11 is 17.0. The minimum atomic E-state index is 0.492. The van der Waals surface area contributed by atoms with E-state index in [-0.39, 0.29) is 0 Å². The van der Waals surface area contributed by atoms with Crippen LogP contribution >= 0.6 is 49.7 Å². The van der Waals surface area contributed by atoms with E-state index in [0.717, 1.165) is 0 Å². The topological polar surface area (TPSA) is 47.9 Å². The predicted molar refractivity (Wildman–Crippen MR) is 65.8 cm³/mol. The third-order valence-corrected chi connectivity index (χ3v) is 1.28. The van der Waals surface area contributed by atoms with Gasteiger partial charge in [0.25, 0.3) is 0 Å². The summed E-state index contributed by atoms with van der Waals surface area (Å²) in [7, 11) is 0. The lowest BCUT2D eigenvalue weighted by Gasteiger charge is -2.03. The summed E-state index contributed by atoms with van der Waals surface area (Å²) in [5, 5.41) is 12.2. The maximum Gasteiger partial charge on any atom is 0.130 e. The molecule has 0 unspecified atom stereocenters. The molecule has 0 aliphatic rings. The summed E-state index contributed by atoms with van der Waals surface area (Å²) in [5.41, 5.74) is 0. The van der Waals surface area contributed by atoms with Crippen molar-refractivity contribution < 1.29 is 0 Å². The molecule has 0 bridgehead atoms. The van der Waals surface area contributed by atoms with Crippen molar-refractivity contribution in [2.45, 2.75) is 0 Å². The molecule has 2 N–H and O–H groups in total. The number of nitrogens with one attached hydrogen (secondary N) is 2. The highest BCUT2D eigenvalue weighted by molar-refractivity contribution is 8.11. The molecule has 0 saturated carbocycles. The number of nitrogens with zero attached hydrogens (tertiary/aromatic N) is 1. The molecule has 0 heterocycles. The van der Waals surface area contributed by atoms with Crippen LogP contribution in [0.5, 0.6) is 0 Å². The fourth-order valence-electron chi connectivity index (χ4n) is 0.339. The first-order valence-electron chi connectivity index (χ1n) is 2.82. The maximum atomic E-state index is 6.50. The van der Waals surface area contributed by atoms with Gasteiger partial charge in [0.05, 0.1) is 0 Å². The normalized spacial score (nSPS) is 7.33. The molecule has 0 saturated heterocycles. The molecule has 0 radical (unpaired) electrons. The first-order valence-corrected chi connectivity index (χ1v) is 4.53. The standard InChI is InChI=1S/C4H8N2S4.CHN/c7-3(8)5-1-2-6-4(9)10;1-2/h1-2H2,(H2,5,7,8)(H2,6,9,10);1H. The second kappa shape index (κ2) is 11.0. The van der Waals surface area contributed by atoms with Gasteiger partial charge in [0.15, 0.2) is 0 Å². The lowest BCUT2D eigenvalue weighted by molar-refractivity contribution is 0.834. The Hall–Kier alpha value is -0.0300. The fourth-order valence-corrected chi connectivity index (χ4v) is 0.767. The zero-order valence-corrected chi connectivity index (χ0v) is 9.57. The van der Waals surface area contributed by atoms with E-state index in [0.29, 0.717) is 21.7 Å². The zero-order chi connectivity index (χ0) is 9.98. The lowest BCUT2D eigenvalue weighted by Crippen LogP contribution is -2.29. The number of nitriles is 1. The van der Waals surface area contributed by atoms with Gasteiger partial charge in [0.1, 0.15) is 8.64 Å². The minimum Gasteiger partial charge on any atom is -0.369 e. The van der Waals surface area contributed by atoms with Crippen molar-refractivity contribution in [2.75, 3.05) is 13.1 Å². The van der Waals surface area contributed by atoms with Crippen molar-refractivity contribution in [2.24, 2.45) is 0 Å². The minimum absolute atomic E-state index is 0.492. The fraction of sp³-hybridized carbons (Fsp3) is 0.400. The van der Waals surface area contributed by atoms with Crippen LogP contribution in [0.1, 0.15) is 0 Å². The predicted octanol–water partition coefficient (Wildman–Crippen LogP) is 0.735. The van der Waals surface area contributed by atoms with E-state index in [1.807, 2.05) is 0 Å². The Morgan fingerprint density at radius 2 is 1.33 bits per heavy atom. The van der Waals surface area contributed by atoms with Gasteiger partial charge in [-0.25, -0.2) is 5.26 Å². The van der Waals surface area contributed by atoms with Crippen molar-refractivity contribution in [3.05, 3.63) is 0 Å². The molecule has 0 spiro atoms. The van der Waals surface area contributed by atoms with Crippen LogP contribution in [0.15, 0.2) is 0 Å². The zero-order valence-electron chi connectivity index (χ0n) is 6.15. The van der Waals surface area contributed by atoms with Crippen LogP contribution in [0.3, 0.4) is 0 Å². The Balaban J connectivity index is 0. The van der Waals surface area contributed by atoms with Crippen LogP contribution in [0, 0.1) is 11.8 Å². The van der Waals surface area contributed by atoms with Crippen LogP contribution in [0.4, 0.5) is 0 Å². The van der Waals surface area contributed by atoms with Crippen LogP contribution in [-0.4, -0.2) is 21.7 Å². The van der Waals surface area contributed by atoms with E-state index in [9.17, 15) is 0 Å². The maximum absolute atomic E-state index is 6.50. The molecule has 0 aliphatic carbocycles. The van der Waals surface area contributed by atoms with Gasteiger partial charge in [0, 0.05) is 19.7 Å². The first-order chi connectivity index (χ1) is 5.63. The van der Waals surface area contributed by atoms with E-state index in [1.54, 1.807) is 0 Å². The van der Waals surface area contributed by atoms with Gasteiger partial charge in [-0.05, 0) is 0 Å². The second-order valence-corrected chi connectivity index (χ2v) is 3.78. The van der Waals surface area contributed by atoms with Gasteiger partial charge in [-0.15, -0.1) is 25.3 Å². The van der Waals surface area contributed by atoms with Gasteiger partial charge in [-0.3, -0.25) is 0 Å². The van der Waals surface area contributed by atoms with Crippen LogP contribution in [0.25, 0.3) is 0 Å². The molecular weight excluding hydrogens is 230 g/mol. The molecule has 0 atom stereocenters. The van der Waals surface area contributed by atoms with Gasteiger partial charge in [-0.2, -0.15) is 0 Å². The third kappa shape index (κ3) is 16.5.